The van der Waals surface area contributed by atoms with Crippen molar-refractivity contribution in [3.63, 3.8) is 0 Å². The molecule has 0 bridgehead atoms. The number of carbonyl (C=O) groups is 1. The normalized spacial score (nSPS) is 13.1. The fraction of sp³-hybridized carbons (Fsp3) is 0.889. The van der Waals surface area contributed by atoms with Crippen LogP contribution in [0.3, 0.4) is 0 Å². The van der Waals surface area contributed by atoms with Crippen LogP contribution in [0.5, 0.6) is 0 Å². The second kappa shape index (κ2) is 6.00. The van der Waals surface area contributed by atoms with E-state index >= 15 is 0 Å². The van der Waals surface area contributed by atoms with E-state index in [0.717, 1.165) is 19.4 Å². The lowest BCUT2D eigenvalue weighted by atomic mass is 10.0. The first kappa shape index (κ1) is 11.4. The first-order valence-corrected chi connectivity index (χ1v) is 4.65. The van der Waals surface area contributed by atoms with Crippen molar-refractivity contribution in [3.05, 3.63) is 0 Å². The van der Waals surface area contributed by atoms with Gasteiger partial charge in [-0.3, -0.25) is 4.79 Å². The highest BCUT2D eigenvalue weighted by Gasteiger charge is 2.08. The maximum atomic E-state index is 11.0. The van der Waals surface area contributed by atoms with Gasteiger partial charge in [0.2, 0.25) is 5.91 Å². The number of amides is 1. The Morgan fingerprint density at radius 3 is 2.25 bits per heavy atom. The van der Waals surface area contributed by atoms with E-state index in [1.165, 1.54) is 0 Å². The third-order valence-electron chi connectivity index (χ3n) is 2.13. The Labute approximate surface area is 74.7 Å². The topological polar surface area (TPSA) is 55.1 Å². The van der Waals surface area contributed by atoms with Crippen LogP contribution in [0.15, 0.2) is 0 Å². The van der Waals surface area contributed by atoms with Gasteiger partial charge in [0.25, 0.3) is 0 Å². The van der Waals surface area contributed by atoms with Crippen molar-refractivity contribution in [2.75, 3.05) is 6.54 Å². The van der Waals surface area contributed by atoms with E-state index in [1.54, 1.807) is 6.92 Å². The zero-order chi connectivity index (χ0) is 9.56. The van der Waals surface area contributed by atoms with Gasteiger partial charge in [-0.25, -0.2) is 0 Å². The Morgan fingerprint density at radius 1 is 1.42 bits per heavy atom. The highest BCUT2D eigenvalue weighted by atomic mass is 16.2. The van der Waals surface area contributed by atoms with Gasteiger partial charge in [0.1, 0.15) is 0 Å². The number of nitrogens with one attached hydrogen (secondary N) is 1. The van der Waals surface area contributed by atoms with Gasteiger partial charge < -0.3 is 11.1 Å². The fourth-order valence-electron chi connectivity index (χ4n) is 0.983. The minimum absolute atomic E-state index is 0.0538. The molecule has 0 saturated heterocycles. The molecule has 0 spiro atoms. The number of hydrogen-bond acceptors (Lipinski definition) is 2. The maximum Gasteiger partial charge on any atom is 0.236 e. The molecule has 0 aliphatic heterocycles. The quantitative estimate of drug-likeness (QED) is 0.647. The Balaban J connectivity index is 3.59. The molecule has 1 unspecified atom stereocenters. The third-order valence-corrected chi connectivity index (χ3v) is 2.13. The van der Waals surface area contributed by atoms with E-state index in [2.05, 4.69) is 19.2 Å². The number of hydrogen-bond donors (Lipinski definition) is 2. The average Bonchev–Trinajstić information content (AvgIpc) is 2.05. The summed E-state index contributed by atoms with van der Waals surface area (Å²) in [5.74, 6) is 0.537. The van der Waals surface area contributed by atoms with Crippen molar-refractivity contribution in [1.29, 1.82) is 0 Å². The van der Waals surface area contributed by atoms with Crippen molar-refractivity contribution in [3.8, 4) is 0 Å². The molecule has 0 fully saturated rings. The van der Waals surface area contributed by atoms with Crippen LogP contribution in [0.4, 0.5) is 0 Å². The largest absolute Gasteiger partial charge is 0.354 e. The zero-order valence-electron chi connectivity index (χ0n) is 8.26. The van der Waals surface area contributed by atoms with Gasteiger partial charge in [0.05, 0.1) is 6.04 Å². The summed E-state index contributed by atoms with van der Waals surface area (Å²) in [7, 11) is 0. The van der Waals surface area contributed by atoms with Crippen LogP contribution in [0.1, 0.15) is 33.6 Å². The summed E-state index contributed by atoms with van der Waals surface area (Å²) in [5, 5.41) is 2.82. The van der Waals surface area contributed by atoms with Crippen LogP contribution in [0.2, 0.25) is 0 Å². The minimum Gasteiger partial charge on any atom is -0.354 e. The number of carbonyl (C=O) groups excluding carboxylic acids is 1. The summed E-state index contributed by atoms with van der Waals surface area (Å²) in [6.07, 6.45) is 2.21. The lowest BCUT2D eigenvalue weighted by Crippen LogP contribution is -2.40. The molecule has 0 radical (unpaired) electrons. The first-order valence-electron chi connectivity index (χ1n) is 4.65. The highest BCUT2D eigenvalue weighted by molar-refractivity contribution is 5.80. The predicted octanol–water partition coefficient (Wildman–Crippen LogP) is 0.886. The molecule has 0 aliphatic rings. The van der Waals surface area contributed by atoms with Gasteiger partial charge in [-0.1, -0.05) is 26.7 Å². The van der Waals surface area contributed by atoms with E-state index in [-0.39, 0.29) is 11.9 Å². The van der Waals surface area contributed by atoms with E-state index in [9.17, 15) is 4.79 Å². The Hall–Kier alpha value is -0.570. The van der Waals surface area contributed by atoms with Gasteiger partial charge in [0.15, 0.2) is 0 Å². The highest BCUT2D eigenvalue weighted by Crippen LogP contribution is 2.04. The van der Waals surface area contributed by atoms with Crippen LogP contribution in [0, 0.1) is 5.92 Å². The molecule has 12 heavy (non-hydrogen) atoms. The standard InChI is InChI=1S/C9H20N2O/c1-4-8(5-2)6-11-9(12)7(3)10/h7-8H,4-6,10H2,1-3H3,(H,11,12). The van der Waals surface area contributed by atoms with Crippen LogP contribution >= 0.6 is 0 Å². The molecule has 1 atom stereocenters. The van der Waals surface area contributed by atoms with E-state index < -0.39 is 0 Å². The third kappa shape index (κ3) is 4.34. The summed E-state index contributed by atoms with van der Waals surface area (Å²) < 4.78 is 0. The van der Waals surface area contributed by atoms with Crippen molar-refractivity contribution in [2.45, 2.75) is 39.7 Å². The van der Waals surface area contributed by atoms with Crippen LogP contribution in [0.25, 0.3) is 0 Å². The zero-order valence-corrected chi connectivity index (χ0v) is 8.26. The van der Waals surface area contributed by atoms with E-state index in [4.69, 9.17) is 5.73 Å². The molecule has 3 nitrogen and oxygen atoms in total. The lowest BCUT2D eigenvalue weighted by molar-refractivity contribution is -0.122. The Morgan fingerprint density at radius 2 is 1.92 bits per heavy atom. The molecule has 0 aliphatic carbocycles. The van der Waals surface area contributed by atoms with Gasteiger partial charge in [-0.15, -0.1) is 0 Å². The number of rotatable bonds is 5. The van der Waals surface area contributed by atoms with Crippen molar-refractivity contribution in [2.24, 2.45) is 11.7 Å². The van der Waals surface area contributed by atoms with Gasteiger partial charge in [0, 0.05) is 6.54 Å². The molecule has 0 aromatic rings. The summed E-state index contributed by atoms with van der Waals surface area (Å²) in [4.78, 5) is 11.0. The molecule has 0 aromatic carbocycles. The Bertz CT molecular complexity index is 130. The number of nitrogens with two attached hydrogens (primary N) is 1. The second-order valence-electron chi connectivity index (χ2n) is 3.22. The summed E-state index contributed by atoms with van der Waals surface area (Å²) in [6.45, 7) is 6.72. The van der Waals surface area contributed by atoms with E-state index in [0.29, 0.717) is 5.92 Å². The Kier molecular flexibility index (Phi) is 5.72. The van der Waals surface area contributed by atoms with Crippen LogP contribution in [-0.2, 0) is 4.79 Å². The second-order valence-corrected chi connectivity index (χ2v) is 3.22. The molecule has 0 saturated carbocycles. The lowest BCUT2D eigenvalue weighted by Gasteiger charge is -2.14. The summed E-state index contributed by atoms with van der Waals surface area (Å²) in [6, 6.07) is -0.389. The summed E-state index contributed by atoms with van der Waals surface area (Å²) in [5.41, 5.74) is 5.39. The SMILES string of the molecule is CCC(CC)CNC(=O)C(C)N. The molecule has 0 heterocycles. The van der Waals surface area contributed by atoms with Gasteiger partial charge >= 0.3 is 0 Å². The molecular weight excluding hydrogens is 152 g/mol. The molecule has 0 aromatic heterocycles. The molecule has 72 valence electrons. The van der Waals surface area contributed by atoms with Crippen molar-refractivity contribution in [1.82, 2.24) is 5.32 Å². The summed E-state index contributed by atoms with van der Waals surface area (Å²) >= 11 is 0. The molecule has 1 amide bonds. The van der Waals surface area contributed by atoms with Gasteiger partial charge in [-0.05, 0) is 12.8 Å². The maximum absolute atomic E-state index is 11.0. The predicted molar refractivity (Wildman–Crippen MR) is 50.7 cm³/mol. The fourth-order valence-corrected chi connectivity index (χ4v) is 0.983. The van der Waals surface area contributed by atoms with E-state index in [1.807, 2.05) is 0 Å². The van der Waals surface area contributed by atoms with Crippen molar-refractivity contribution < 1.29 is 4.79 Å². The smallest absolute Gasteiger partial charge is 0.236 e. The molecule has 3 heteroatoms. The molecule has 0 rings (SSSR count). The van der Waals surface area contributed by atoms with Crippen LogP contribution in [-0.4, -0.2) is 18.5 Å². The molecule has 3 N–H and O–H groups in total. The van der Waals surface area contributed by atoms with Crippen molar-refractivity contribution >= 4 is 5.91 Å². The van der Waals surface area contributed by atoms with Crippen LogP contribution < -0.4 is 11.1 Å². The minimum atomic E-state index is -0.389. The van der Waals surface area contributed by atoms with Gasteiger partial charge in [-0.2, -0.15) is 0 Å². The molecular formula is C9H20N2O. The monoisotopic (exact) mass is 172 g/mol. The first-order chi connectivity index (χ1) is 5.61. The average molecular weight is 172 g/mol.